The van der Waals surface area contributed by atoms with E-state index in [4.69, 9.17) is 25.4 Å². The third-order valence-electron chi connectivity index (χ3n) is 10.7. The van der Waals surface area contributed by atoms with E-state index in [-0.39, 0.29) is 17.8 Å². The van der Waals surface area contributed by atoms with Crippen LogP contribution in [0, 0.1) is 29.6 Å². The molecule has 0 bridgehead atoms. The predicted octanol–water partition coefficient (Wildman–Crippen LogP) is 2.82. The van der Waals surface area contributed by atoms with Crippen molar-refractivity contribution in [3.05, 3.63) is 30.1 Å². The fraction of sp³-hybridized carbons (Fsp3) is 0.737. The van der Waals surface area contributed by atoms with E-state index in [2.05, 4.69) is 33.7 Å². The number of carbonyl (C=O) groups is 2. The molecule has 1 aromatic heterocycles. The van der Waals surface area contributed by atoms with Crippen LogP contribution < -0.4 is 0 Å². The molecule has 1 spiro atoms. The molecule has 4 rings (SSSR count). The number of Topliss-reactive ketones (excluding diaryl/α,β-unsaturated/α-hetero) is 1. The van der Waals surface area contributed by atoms with Gasteiger partial charge in [-0.25, -0.2) is 4.58 Å². The number of methoxy groups -OCH3 is 1. The minimum Gasteiger partial charge on any atom is -0.457 e. The molecule has 11 nitrogen and oxygen atoms in total. The largest absolute Gasteiger partial charge is 0.457 e. The van der Waals surface area contributed by atoms with E-state index in [1.807, 2.05) is 44.9 Å². The molecule has 0 amide bonds. The Morgan fingerprint density at radius 2 is 1.88 bits per heavy atom. The van der Waals surface area contributed by atoms with Crippen LogP contribution >= 0.6 is 0 Å². The number of ether oxygens (including phenoxy) is 4. The van der Waals surface area contributed by atoms with E-state index in [0.29, 0.717) is 38.8 Å². The van der Waals surface area contributed by atoms with Crippen LogP contribution in [0.25, 0.3) is 0 Å². The van der Waals surface area contributed by atoms with Gasteiger partial charge in [0.05, 0.1) is 12.5 Å². The molecule has 11 heteroatoms. The number of ketones is 1. The van der Waals surface area contributed by atoms with E-state index >= 15 is 0 Å². The summed E-state index contributed by atoms with van der Waals surface area (Å²) in [6.07, 6.45) is 9.61. The van der Waals surface area contributed by atoms with Gasteiger partial charge in [0.2, 0.25) is 0 Å². The van der Waals surface area contributed by atoms with Crippen LogP contribution in [-0.4, -0.2) is 139 Å². The number of piperidine rings is 1. The lowest BCUT2D eigenvalue weighted by atomic mass is 9.73. The smallest absolute Gasteiger partial charge is 0.319 e. The summed E-state index contributed by atoms with van der Waals surface area (Å²) in [7, 11) is 7.29. The predicted molar refractivity (Wildman–Crippen MR) is 187 cm³/mol. The van der Waals surface area contributed by atoms with Crippen LogP contribution in [0.5, 0.6) is 0 Å². The van der Waals surface area contributed by atoms with Crippen molar-refractivity contribution in [1.82, 2.24) is 14.8 Å². The highest BCUT2D eigenvalue weighted by atomic mass is 16.7. The second-order valence-electron chi connectivity index (χ2n) is 15.5. The lowest BCUT2D eigenvalue weighted by Gasteiger charge is -2.44. The number of hydrogen-bond donors (Lipinski definition) is 1. The molecular formula is C38H59N4O7+. The number of terminal acetylenes is 1. The van der Waals surface area contributed by atoms with Crippen LogP contribution in [0.4, 0.5) is 0 Å². The summed E-state index contributed by atoms with van der Waals surface area (Å²) in [6, 6.07) is 4.04. The van der Waals surface area contributed by atoms with Crippen molar-refractivity contribution < 1.29 is 38.2 Å². The summed E-state index contributed by atoms with van der Waals surface area (Å²) in [5.74, 6) is 1.01. The zero-order valence-corrected chi connectivity index (χ0v) is 31.1. The number of nitrogens with zero attached hydrogens (tertiary/aromatic N) is 4. The monoisotopic (exact) mass is 683 g/mol. The summed E-state index contributed by atoms with van der Waals surface area (Å²) in [6.45, 7) is 12.6. The van der Waals surface area contributed by atoms with Crippen molar-refractivity contribution in [1.29, 1.82) is 0 Å². The minimum absolute atomic E-state index is 0.00973. The molecule has 3 aliphatic rings. The molecule has 0 unspecified atom stereocenters. The maximum atomic E-state index is 14.5. The Bertz CT molecular complexity index is 1370. The summed E-state index contributed by atoms with van der Waals surface area (Å²) in [5, 5.41) is 11.4. The van der Waals surface area contributed by atoms with E-state index in [1.165, 1.54) is 12.7 Å². The molecule has 3 saturated heterocycles. The third kappa shape index (κ3) is 8.96. The third-order valence-corrected chi connectivity index (χ3v) is 10.7. The standard InChI is InChI=1S/C38H59N4O7/c1-11-38(46-10)22-26(2)24-41(9)25-37(15-19-42(20-16-37)18-14-29-13-12-17-39-23-29)49-35(45)36(5,6)32(44)28(4)33(38)48-34-31(43)30(40(7)8)21-27(3)47-34/h1,12-13,17,23,26-28,31,33-34,43H,14-16,18-22,24-25H2,2-10H3/q+1/t26-,27-,28+,31-,33-,34+,38-/m1/s1. The molecule has 4 heterocycles. The Balaban J connectivity index is 1.64. The number of carbonyl (C=O) groups excluding carboxylic acids is 2. The van der Waals surface area contributed by atoms with Crippen molar-refractivity contribution in [3.63, 3.8) is 0 Å². The Morgan fingerprint density at radius 1 is 1.18 bits per heavy atom. The molecule has 49 heavy (non-hydrogen) atoms. The number of aromatic nitrogens is 1. The van der Waals surface area contributed by atoms with Crippen molar-refractivity contribution in [2.75, 3.05) is 61.0 Å². The van der Waals surface area contributed by atoms with Gasteiger partial charge in [-0.15, -0.1) is 6.42 Å². The molecule has 3 fully saturated rings. The summed E-state index contributed by atoms with van der Waals surface area (Å²) in [4.78, 5) is 37.5. The van der Waals surface area contributed by atoms with Crippen molar-refractivity contribution in [2.24, 2.45) is 17.3 Å². The highest BCUT2D eigenvalue weighted by molar-refractivity contribution is 6.04. The quantitative estimate of drug-likeness (QED) is 0.208. The summed E-state index contributed by atoms with van der Waals surface area (Å²) in [5.41, 5.74) is -1.68. The fourth-order valence-electron chi connectivity index (χ4n) is 7.88. The Kier molecular flexibility index (Phi) is 12.8. The van der Waals surface area contributed by atoms with Gasteiger partial charge in [-0.1, -0.05) is 25.8 Å². The lowest BCUT2D eigenvalue weighted by molar-refractivity contribution is -0.473. The second kappa shape index (κ2) is 16.1. The van der Waals surface area contributed by atoms with Gasteiger partial charge in [0.25, 0.3) is 0 Å². The van der Waals surface area contributed by atoms with Gasteiger partial charge in [0, 0.05) is 71.0 Å². The van der Waals surface area contributed by atoms with E-state index in [9.17, 15) is 14.7 Å². The number of likely N-dealkylation sites (N-methyl/N-ethyl adjacent to an activating group) is 1. The van der Waals surface area contributed by atoms with E-state index < -0.39 is 47.0 Å². The number of esters is 1. The summed E-state index contributed by atoms with van der Waals surface area (Å²) < 4.78 is 27.2. The highest BCUT2D eigenvalue weighted by Gasteiger charge is 2.54. The SMILES string of the molecule is C#C[C@@]1(OC)C[C@@H](C)CN(C)CC2(CCN(CCc3cccnc3)CC2)OC(=O)C(C)(C)C(=O)[C@H](C)[C@H]1O[C@@H]1O[C@H](C)CC(=[N+](C)C)[C@H]1O. The fourth-order valence-corrected chi connectivity index (χ4v) is 7.88. The Morgan fingerprint density at radius 3 is 2.47 bits per heavy atom. The molecular weight excluding hydrogens is 624 g/mol. The molecule has 272 valence electrons. The number of pyridine rings is 1. The Hall–Kier alpha value is -2.72. The average Bonchev–Trinajstić information content (AvgIpc) is 3.06. The van der Waals surface area contributed by atoms with E-state index in [0.717, 1.165) is 31.8 Å². The number of aliphatic hydroxyl groups excluding tert-OH is 1. The average molecular weight is 684 g/mol. The minimum atomic E-state index is -1.52. The number of hydrogen-bond acceptors (Lipinski definition) is 10. The zero-order chi connectivity index (χ0) is 36.1. The van der Waals surface area contributed by atoms with Gasteiger partial charge >= 0.3 is 5.97 Å². The van der Waals surface area contributed by atoms with Crippen LogP contribution in [0.1, 0.15) is 65.9 Å². The maximum absolute atomic E-state index is 14.5. The molecule has 1 aromatic rings. The van der Waals surface area contributed by atoms with Gasteiger partial charge in [-0.2, -0.15) is 0 Å². The van der Waals surface area contributed by atoms with Crippen LogP contribution in [-0.2, 0) is 35.0 Å². The normalized spacial score (nSPS) is 33.5. The van der Waals surface area contributed by atoms with Crippen molar-refractivity contribution in [2.45, 2.75) is 103 Å². The molecule has 0 aromatic carbocycles. The van der Waals surface area contributed by atoms with Crippen LogP contribution in [0.2, 0.25) is 0 Å². The lowest BCUT2D eigenvalue weighted by Crippen LogP contribution is -2.58. The molecule has 0 radical (unpaired) electrons. The molecule has 3 aliphatic heterocycles. The first-order valence-electron chi connectivity index (χ1n) is 17.7. The van der Waals surface area contributed by atoms with Gasteiger partial charge in [0.15, 0.2) is 29.5 Å². The molecule has 7 atom stereocenters. The van der Waals surface area contributed by atoms with Gasteiger partial charge in [0.1, 0.15) is 31.2 Å². The van der Waals surface area contributed by atoms with Crippen molar-refractivity contribution >= 4 is 17.5 Å². The molecule has 1 N–H and O–H groups in total. The number of aliphatic hydroxyl groups is 1. The summed E-state index contributed by atoms with van der Waals surface area (Å²) >= 11 is 0. The van der Waals surface area contributed by atoms with Gasteiger partial charge in [-0.05, 0) is 58.2 Å². The first-order valence-corrected chi connectivity index (χ1v) is 17.7. The number of likely N-dealkylation sites (tertiary alicyclic amines) is 1. The van der Waals surface area contributed by atoms with E-state index in [1.54, 1.807) is 27.0 Å². The highest BCUT2D eigenvalue weighted by Crippen LogP contribution is 2.39. The van der Waals surface area contributed by atoms with Crippen molar-refractivity contribution in [3.8, 4) is 12.3 Å². The number of rotatable bonds is 6. The molecule has 0 aliphatic carbocycles. The maximum Gasteiger partial charge on any atom is 0.319 e. The van der Waals surface area contributed by atoms with Gasteiger partial charge < -0.3 is 33.9 Å². The van der Waals surface area contributed by atoms with Gasteiger partial charge in [-0.3, -0.25) is 14.6 Å². The second-order valence-corrected chi connectivity index (χ2v) is 15.5. The molecule has 0 saturated carbocycles. The first-order chi connectivity index (χ1) is 23.1. The van der Waals surface area contributed by atoms with Crippen LogP contribution in [0.3, 0.4) is 0 Å². The topological polar surface area (TPSA) is 114 Å². The first kappa shape index (κ1) is 39.1. The van der Waals surface area contributed by atoms with Crippen LogP contribution in [0.15, 0.2) is 24.5 Å². The Labute approximate surface area is 293 Å². The zero-order valence-electron chi connectivity index (χ0n) is 31.1.